The average Bonchev–Trinajstić information content (AvgIpc) is 2.38. The van der Waals surface area contributed by atoms with Crippen LogP contribution in [-0.4, -0.2) is 40.9 Å². The molecular formula is C12H20N4O2. The highest BCUT2D eigenvalue weighted by atomic mass is 16.3. The van der Waals surface area contributed by atoms with Crippen molar-refractivity contribution in [2.75, 3.05) is 18.9 Å². The highest BCUT2D eigenvalue weighted by molar-refractivity contribution is 5.91. The lowest BCUT2D eigenvalue weighted by molar-refractivity contribution is 0.0957. The third-order valence-corrected chi connectivity index (χ3v) is 2.64. The fourth-order valence-electron chi connectivity index (χ4n) is 1.36. The van der Waals surface area contributed by atoms with Crippen LogP contribution in [0.3, 0.4) is 0 Å². The predicted molar refractivity (Wildman–Crippen MR) is 69.4 cm³/mol. The maximum Gasteiger partial charge on any atom is 0.271 e. The molecule has 1 unspecified atom stereocenters. The van der Waals surface area contributed by atoms with Gasteiger partial charge in [0.1, 0.15) is 5.82 Å². The number of nitrogens with one attached hydrogen (secondary N) is 2. The van der Waals surface area contributed by atoms with Gasteiger partial charge in [-0.05, 0) is 24.5 Å². The SMILES string of the molecule is CNC(=O)c1ccc(NCCC(O)C(C)C)nn1. The first-order valence-corrected chi connectivity index (χ1v) is 6.02. The molecule has 1 heterocycles. The maximum absolute atomic E-state index is 11.2. The van der Waals surface area contributed by atoms with Gasteiger partial charge in [0.15, 0.2) is 5.69 Å². The van der Waals surface area contributed by atoms with Gasteiger partial charge < -0.3 is 15.7 Å². The third kappa shape index (κ3) is 4.29. The van der Waals surface area contributed by atoms with Crippen LogP contribution in [0, 0.1) is 5.92 Å². The van der Waals surface area contributed by atoms with Crippen molar-refractivity contribution >= 4 is 11.7 Å². The number of hydrogen-bond acceptors (Lipinski definition) is 5. The van der Waals surface area contributed by atoms with Gasteiger partial charge in [0.2, 0.25) is 0 Å². The largest absolute Gasteiger partial charge is 0.393 e. The Kier molecular flexibility index (Phi) is 5.51. The van der Waals surface area contributed by atoms with Crippen molar-refractivity contribution in [1.29, 1.82) is 0 Å². The minimum Gasteiger partial charge on any atom is -0.393 e. The number of nitrogens with zero attached hydrogens (tertiary/aromatic N) is 2. The van der Waals surface area contributed by atoms with Gasteiger partial charge in [-0.15, -0.1) is 10.2 Å². The number of aromatic nitrogens is 2. The first kappa shape index (κ1) is 14.4. The molecule has 3 N–H and O–H groups in total. The first-order chi connectivity index (χ1) is 8.54. The van der Waals surface area contributed by atoms with Crippen molar-refractivity contribution in [3.63, 3.8) is 0 Å². The molecule has 6 heteroatoms. The van der Waals surface area contributed by atoms with Crippen LogP contribution in [0.15, 0.2) is 12.1 Å². The Morgan fingerprint density at radius 3 is 2.61 bits per heavy atom. The van der Waals surface area contributed by atoms with Gasteiger partial charge in [0, 0.05) is 13.6 Å². The summed E-state index contributed by atoms with van der Waals surface area (Å²) in [4.78, 5) is 11.2. The Morgan fingerprint density at radius 2 is 2.11 bits per heavy atom. The number of carbonyl (C=O) groups excluding carboxylic acids is 1. The molecule has 0 fully saturated rings. The summed E-state index contributed by atoms with van der Waals surface area (Å²) in [5, 5.41) is 22.8. The molecule has 1 aromatic rings. The summed E-state index contributed by atoms with van der Waals surface area (Å²) in [6, 6.07) is 3.30. The van der Waals surface area contributed by atoms with Crippen LogP contribution in [0.25, 0.3) is 0 Å². The summed E-state index contributed by atoms with van der Waals surface area (Å²) in [6.07, 6.45) is 0.326. The molecular weight excluding hydrogens is 232 g/mol. The van der Waals surface area contributed by atoms with E-state index >= 15 is 0 Å². The lowest BCUT2D eigenvalue weighted by Crippen LogP contribution is -2.21. The Balaban J connectivity index is 2.42. The second-order valence-corrected chi connectivity index (χ2v) is 4.41. The second kappa shape index (κ2) is 6.90. The van der Waals surface area contributed by atoms with E-state index in [1.165, 1.54) is 0 Å². The van der Waals surface area contributed by atoms with Crippen LogP contribution in [0.4, 0.5) is 5.82 Å². The minimum atomic E-state index is -0.324. The monoisotopic (exact) mass is 252 g/mol. The zero-order valence-electron chi connectivity index (χ0n) is 11.0. The van der Waals surface area contributed by atoms with Gasteiger partial charge in [-0.25, -0.2) is 0 Å². The Bertz CT molecular complexity index is 378. The van der Waals surface area contributed by atoms with Crippen LogP contribution >= 0.6 is 0 Å². The number of carbonyl (C=O) groups is 1. The lowest BCUT2D eigenvalue weighted by Gasteiger charge is -2.14. The molecule has 0 aliphatic rings. The number of amides is 1. The van der Waals surface area contributed by atoms with Crippen molar-refractivity contribution in [3.05, 3.63) is 17.8 Å². The molecule has 6 nitrogen and oxygen atoms in total. The normalized spacial score (nSPS) is 12.3. The Morgan fingerprint density at radius 1 is 1.39 bits per heavy atom. The highest BCUT2D eigenvalue weighted by Gasteiger charge is 2.09. The second-order valence-electron chi connectivity index (χ2n) is 4.41. The molecule has 0 saturated carbocycles. The number of aliphatic hydroxyl groups excluding tert-OH is 1. The van der Waals surface area contributed by atoms with Crippen molar-refractivity contribution in [2.45, 2.75) is 26.4 Å². The maximum atomic E-state index is 11.2. The summed E-state index contributed by atoms with van der Waals surface area (Å²) in [6.45, 7) is 4.57. The smallest absolute Gasteiger partial charge is 0.271 e. The fraction of sp³-hybridized carbons (Fsp3) is 0.583. The quantitative estimate of drug-likeness (QED) is 0.692. The molecule has 1 rings (SSSR count). The van der Waals surface area contributed by atoms with E-state index in [1.807, 2.05) is 13.8 Å². The molecule has 100 valence electrons. The number of rotatable bonds is 6. The van der Waals surface area contributed by atoms with Gasteiger partial charge in [-0.2, -0.15) is 0 Å². The van der Waals surface area contributed by atoms with E-state index in [0.29, 0.717) is 18.8 Å². The van der Waals surface area contributed by atoms with E-state index in [4.69, 9.17) is 0 Å². The van der Waals surface area contributed by atoms with E-state index in [0.717, 1.165) is 0 Å². The molecule has 1 atom stereocenters. The Labute approximate surface area is 107 Å². The van der Waals surface area contributed by atoms with Gasteiger partial charge in [-0.3, -0.25) is 4.79 Å². The first-order valence-electron chi connectivity index (χ1n) is 6.02. The molecule has 1 amide bonds. The molecule has 0 aliphatic carbocycles. The van der Waals surface area contributed by atoms with E-state index in [1.54, 1.807) is 19.2 Å². The van der Waals surface area contributed by atoms with Crippen LogP contribution in [-0.2, 0) is 0 Å². The number of hydrogen-bond donors (Lipinski definition) is 3. The molecule has 0 radical (unpaired) electrons. The fourth-order valence-corrected chi connectivity index (χ4v) is 1.36. The molecule has 18 heavy (non-hydrogen) atoms. The van der Waals surface area contributed by atoms with E-state index in [-0.39, 0.29) is 23.6 Å². The summed E-state index contributed by atoms with van der Waals surface area (Å²) >= 11 is 0. The predicted octanol–water partition coefficient (Wildman–Crippen LogP) is 0.655. The van der Waals surface area contributed by atoms with Crippen molar-refractivity contribution < 1.29 is 9.90 Å². The molecule has 1 aromatic heterocycles. The molecule has 0 bridgehead atoms. The average molecular weight is 252 g/mol. The van der Waals surface area contributed by atoms with Gasteiger partial charge in [-0.1, -0.05) is 13.8 Å². The highest BCUT2D eigenvalue weighted by Crippen LogP contribution is 2.07. The van der Waals surface area contributed by atoms with Crippen LogP contribution in [0.1, 0.15) is 30.8 Å². The zero-order chi connectivity index (χ0) is 13.5. The zero-order valence-corrected chi connectivity index (χ0v) is 11.0. The van der Waals surface area contributed by atoms with Gasteiger partial charge in [0.05, 0.1) is 6.10 Å². The summed E-state index contributed by atoms with van der Waals surface area (Å²) < 4.78 is 0. The van der Waals surface area contributed by atoms with Gasteiger partial charge in [0.25, 0.3) is 5.91 Å². The summed E-state index contributed by atoms with van der Waals surface area (Å²) in [5.41, 5.74) is 0.283. The van der Waals surface area contributed by atoms with Crippen molar-refractivity contribution in [2.24, 2.45) is 5.92 Å². The summed E-state index contributed by atoms with van der Waals surface area (Å²) in [7, 11) is 1.55. The third-order valence-electron chi connectivity index (χ3n) is 2.64. The number of anilines is 1. The van der Waals surface area contributed by atoms with Crippen LogP contribution < -0.4 is 10.6 Å². The van der Waals surface area contributed by atoms with Crippen molar-refractivity contribution in [3.8, 4) is 0 Å². The van der Waals surface area contributed by atoms with Gasteiger partial charge >= 0.3 is 0 Å². The molecule has 0 spiro atoms. The standard InChI is InChI=1S/C12H20N4O2/c1-8(2)10(17)6-7-14-11-5-4-9(15-16-11)12(18)13-3/h4-5,8,10,17H,6-7H2,1-3H3,(H,13,18)(H,14,16). The van der Waals surface area contributed by atoms with E-state index < -0.39 is 0 Å². The van der Waals surface area contributed by atoms with Crippen molar-refractivity contribution in [1.82, 2.24) is 15.5 Å². The van der Waals surface area contributed by atoms with E-state index in [9.17, 15) is 9.90 Å². The van der Waals surface area contributed by atoms with Crippen LogP contribution in [0.5, 0.6) is 0 Å². The van der Waals surface area contributed by atoms with E-state index in [2.05, 4.69) is 20.8 Å². The molecule has 0 aromatic carbocycles. The summed E-state index contributed by atoms with van der Waals surface area (Å²) in [5.74, 6) is 0.580. The molecule has 0 aliphatic heterocycles. The number of aliphatic hydroxyl groups is 1. The lowest BCUT2D eigenvalue weighted by atomic mass is 10.0. The van der Waals surface area contributed by atoms with Crippen LogP contribution in [0.2, 0.25) is 0 Å². The molecule has 0 saturated heterocycles. The topological polar surface area (TPSA) is 87.1 Å². The Hall–Kier alpha value is -1.69. The minimum absolute atomic E-state index is 0.244.